The largest absolute Gasteiger partial charge is 0.325 e. The number of fused-ring (bicyclic) bond motifs is 2. The van der Waals surface area contributed by atoms with Crippen molar-refractivity contribution in [1.82, 2.24) is 9.97 Å². The third-order valence-corrected chi connectivity index (χ3v) is 5.07. The van der Waals surface area contributed by atoms with Gasteiger partial charge in [-0.1, -0.05) is 22.0 Å². The van der Waals surface area contributed by atoms with Crippen molar-refractivity contribution < 1.29 is 8.78 Å². The van der Waals surface area contributed by atoms with E-state index in [1.54, 1.807) is 0 Å². The molecule has 3 aromatic rings. The summed E-state index contributed by atoms with van der Waals surface area (Å²) in [6.07, 6.45) is 1.77. The summed E-state index contributed by atoms with van der Waals surface area (Å²) in [5.41, 5.74) is 2.31. The number of nitrogens with zero attached hydrogens (tertiary/aromatic N) is 3. The van der Waals surface area contributed by atoms with Gasteiger partial charge in [-0.05, 0) is 54.3 Å². The fourth-order valence-corrected chi connectivity index (χ4v) is 3.84. The molecule has 0 aliphatic carbocycles. The first-order valence-corrected chi connectivity index (χ1v) is 8.59. The molecule has 0 saturated carbocycles. The Morgan fingerprint density at radius 2 is 1.96 bits per heavy atom. The lowest BCUT2D eigenvalue weighted by Crippen LogP contribution is -2.26. The highest BCUT2D eigenvalue weighted by atomic mass is 79.9. The van der Waals surface area contributed by atoms with E-state index in [1.165, 1.54) is 6.07 Å². The molecule has 0 atom stereocenters. The van der Waals surface area contributed by atoms with E-state index < -0.39 is 11.6 Å². The van der Waals surface area contributed by atoms with Crippen molar-refractivity contribution in [3.05, 3.63) is 57.3 Å². The predicted octanol–water partition coefficient (Wildman–Crippen LogP) is 5.41. The summed E-state index contributed by atoms with van der Waals surface area (Å²) in [5.74, 6) is -1.59. The lowest BCUT2D eigenvalue weighted by molar-refractivity contribution is 0.516. The molecule has 0 amide bonds. The molecule has 1 aromatic heterocycles. The van der Waals surface area contributed by atoms with Gasteiger partial charge in [0, 0.05) is 16.7 Å². The third kappa shape index (κ3) is 2.45. The minimum atomic E-state index is -0.957. The monoisotopic (exact) mass is 409 g/mol. The van der Waals surface area contributed by atoms with Crippen LogP contribution in [0.2, 0.25) is 5.28 Å². The average molecular weight is 411 g/mol. The molecular weight excluding hydrogens is 400 g/mol. The highest BCUT2D eigenvalue weighted by Gasteiger charge is 2.25. The second-order valence-corrected chi connectivity index (χ2v) is 6.76. The summed E-state index contributed by atoms with van der Waals surface area (Å²) in [7, 11) is 0. The number of hydrogen-bond acceptors (Lipinski definition) is 3. The molecule has 24 heavy (non-hydrogen) atoms. The molecule has 0 unspecified atom stereocenters. The van der Waals surface area contributed by atoms with Crippen molar-refractivity contribution in [3.63, 3.8) is 0 Å². The maximum Gasteiger partial charge on any atom is 0.224 e. The van der Waals surface area contributed by atoms with Gasteiger partial charge in [0.2, 0.25) is 5.28 Å². The highest BCUT2D eigenvalue weighted by molar-refractivity contribution is 9.10. The molecule has 0 fully saturated rings. The predicted molar refractivity (Wildman–Crippen MR) is 93.9 cm³/mol. The molecule has 1 aliphatic heterocycles. The zero-order chi connectivity index (χ0) is 16.8. The van der Waals surface area contributed by atoms with Crippen molar-refractivity contribution in [2.24, 2.45) is 0 Å². The summed E-state index contributed by atoms with van der Waals surface area (Å²) in [6, 6.07) is 8.28. The van der Waals surface area contributed by atoms with Crippen LogP contribution in [0.4, 0.5) is 20.3 Å². The molecule has 0 radical (unpaired) electrons. The van der Waals surface area contributed by atoms with Gasteiger partial charge in [-0.25, -0.2) is 13.8 Å². The minimum absolute atomic E-state index is 0.00521. The van der Waals surface area contributed by atoms with Crippen molar-refractivity contribution in [2.75, 3.05) is 11.4 Å². The van der Waals surface area contributed by atoms with E-state index >= 15 is 0 Å². The zero-order valence-corrected chi connectivity index (χ0v) is 14.7. The number of halogens is 4. The number of benzene rings is 2. The van der Waals surface area contributed by atoms with Gasteiger partial charge in [0.05, 0.1) is 10.9 Å². The van der Waals surface area contributed by atoms with Crippen molar-refractivity contribution in [3.8, 4) is 0 Å². The molecule has 0 saturated heterocycles. The SMILES string of the molecule is Fc1ccc2nc(Cl)nc(N3CCCc4c(Br)cccc43)c2c1F. The van der Waals surface area contributed by atoms with Crippen LogP contribution >= 0.6 is 27.5 Å². The molecule has 3 nitrogen and oxygen atoms in total. The molecule has 2 aromatic carbocycles. The van der Waals surface area contributed by atoms with E-state index in [-0.39, 0.29) is 16.2 Å². The maximum absolute atomic E-state index is 14.5. The van der Waals surface area contributed by atoms with E-state index in [2.05, 4.69) is 25.9 Å². The van der Waals surface area contributed by atoms with Crippen LogP contribution in [0, 0.1) is 11.6 Å². The standard InChI is InChI=1S/C17H11BrClF2N3/c18-10-4-1-5-13-9(10)3-2-8-24(13)16-14-12(22-17(19)23-16)7-6-11(20)15(14)21/h1,4-7H,2-3,8H2. The Morgan fingerprint density at radius 3 is 2.79 bits per heavy atom. The van der Waals surface area contributed by atoms with Crippen LogP contribution < -0.4 is 4.90 Å². The molecule has 4 rings (SSSR count). The highest BCUT2D eigenvalue weighted by Crippen LogP contribution is 2.39. The van der Waals surface area contributed by atoms with Crippen LogP contribution in [-0.4, -0.2) is 16.5 Å². The third-order valence-electron chi connectivity index (χ3n) is 4.16. The number of hydrogen-bond donors (Lipinski definition) is 0. The maximum atomic E-state index is 14.5. The van der Waals surface area contributed by atoms with E-state index in [4.69, 9.17) is 11.6 Å². The van der Waals surface area contributed by atoms with Gasteiger partial charge in [0.15, 0.2) is 11.6 Å². The van der Waals surface area contributed by atoms with Crippen LogP contribution in [0.1, 0.15) is 12.0 Å². The first-order valence-electron chi connectivity index (χ1n) is 7.42. The number of rotatable bonds is 1. The van der Waals surface area contributed by atoms with Gasteiger partial charge < -0.3 is 4.90 Å². The Hall–Kier alpha value is -1.79. The number of anilines is 2. The Morgan fingerprint density at radius 1 is 1.12 bits per heavy atom. The molecule has 0 spiro atoms. The van der Waals surface area contributed by atoms with E-state index in [9.17, 15) is 8.78 Å². The Labute approximate surface area is 150 Å². The first kappa shape index (κ1) is 15.7. The van der Waals surface area contributed by atoms with Gasteiger partial charge >= 0.3 is 0 Å². The first-order chi connectivity index (χ1) is 11.6. The molecule has 1 aliphatic rings. The normalized spacial score (nSPS) is 14.1. The van der Waals surface area contributed by atoms with Crippen LogP contribution in [0.3, 0.4) is 0 Å². The Balaban J connectivity index is 2.02. The molecular formula is C17H11BrClF2N3. The van der Waals surface area contributed by atoms with Crippen molar-refractivity contribution >= 4 is 49.9 Å². The number of aromatic nitrogens is 2. The molecule has 0 N–H and O–H groups in total. The Bertz CT molecular complexity index is 964. The van der Waals surface area contributed by atoms with Gasteiger partial charge in [-0.15, -0.1) is 0 Å². The van der Waals surface area contributed by atoms with Gasteiger partial charge in [-0.3, -0.25) is 0 Å². The van der Waals surface area contributed by atoms with E-state index in [0.29, 0.717) is 12.4 Å². The summed E-state index contributed by atoms with van der Waals surface area (Å²) in [6.45, 7) is 0.641. The topological polar surface area (TPSA) is 29.0 Å². The Kier molecular flexibility index (Phi) is 3.89. The zero-order valence-electron chi connectivity index (χ0n) is 12.4. The molecule has 7 heteroatoms. The van der Waals surface area contributed by atoms with Crippen molar-refractivity contribution in [2.45, 2.75) is 12.8 Å². The summed E-state index contributed by atoms with van der Waals surface area (Å²) < 4.78 is 29.2. The van der Waals surface area contributed by atoms with Crippen LogP contribution in [0.5, 0.6) is 0 Å². The van der Waals surface area contributed by atoms with Crippen LogP contribution in [0.25, 0.3) is 10.9 Å². The van der Waals surface area contributed by atoms with Gasteiger partial charge in [0.1, 0.15) is 5.82 Å². The molecule has 0 bridgehead atoms. The fourth-order valence-electron chi connectivity index (χ4n) is 3.11. The minimum Gasteiger partial charge on any atom is -0.325 e. The van der Waals surface area contributed by atoms with Gasteiger partial charge in [-0.2, -0.15) is 4.98 Å². The average Bonchev–Trinajstić information content (AvgIpc) is 2.57. The summed E-state index contributed by atoms with van der Waals surface area (Å²) in [4.78, 5) is 10.1. The van der Waals surface area contributed by atoms with E-state index in [0.717, 1.165) is 34.6 Å². The van der Waals surface area contributed by atoms with Crippen LogP contribution in [-0.2, 0) is 6.42 Å². The quantitative estimate of drug-likeness (QED) is 0.502. The van der Waals surface area contributed by atoms with Crippen molar-refractivity contribution in [1.29, 1.82) is 0 Å². The van der Waals surface area contributed by atoms with Crippen LogP contribution in [0.15, 0.2) is 34.8 Å². The lowest BCUT2D eigenvalue weighted by Gasteiger charge is -2.31. The molecule has 2 heterocycles. The second-order valence-electron chi connectivity index (χ2n) is 5.56. The van der Waals surface area contributed by atoms with E-state index in [1.807, 2.05) is 23.1 Å². The summed E-state index contributed by atoms with van der Waals surface area (Å²) >= 11 is 9.57. The van der Waals surface area contributed by atoms with Gasteiger partial charge in [0.25, 0.3) is 0 Å². The lowest BCUT2D eigenvalue weighted by atomic mass is 10.0. The smallest absolute Gasteiger partial charge is 0.224 e. The fraction of sp³-hybridized carbons (Fsp3) is 0.176. The summed E-state index contributed by atoms with van der Waals surface area (Å²) in [5, 5.41) is 0.0536. The second kappa shape index (κ2) is 5.93. The molecule has 122 valence electrons.